The van der Waals surface area contributed by atoms with E-state index in [1.54, 1.807) is 12.1 Å². The zero-order chi connectivity index (χ0) is 25.4. The summed E-state index contributed by atoms with van der Waals surface area (Å²) in [5.41, 5.74) is 5.21. The quantitative estimate of drug-likeness (QED) is 0.382. The summed E-state index contributed by atoms with van der Waals surface area (Å²) >= 11 is 6.64. The number of nitrogens with one attached hydrogen (secondary N) is 1. The Balaban J connectivity index is 1.43. The van der Waals surface area contributed by atoms with Crippen molar-refractivity contribution in [2.75, 3.05) is 16.8 Å². The molecule has 3 amide bonds. The fourth-order valence-corrected chi connectivity index (χ4v) is 5.72. The minimum Gasteiger partial charge on any atom is -0.324 e. The molecule has 2 heterocycles. The van der Waals surface area contributed by atoms with Crippen molar-refractivity contribution in [1.29, 1.82) is 0 Å². The number of para-hydroxylation sites is 1. The standard InChI is InChI=1S/C28H23N3O3S2/c1-17-12-13-21(18(2)14-17)29-23(32)16-30-22-11-7-6-10-20(22)24(26(30)33)25-27(34)31(28(35)36-25)15-19-8-4-3-5-9-19/h3-14H,15-16H2,1-2H3,(H,29,32)/b25-24-. The molecule has 36 heavy (non-hydrogen) atoms. The van der Waals surface area contributed by atoms with E-state index in [9.17, 15) is 14.4 Å². The summed E-state index contributed by atoms with van der Waals surface area (Å²) in [6.45, 7) is 4.08. The van der Waals surface area contributed by atoms with Gasteiger partial charge in [-0.05, 0) is 37.1 Å². The van der Waals surface area contributed by atoms with Crippen LogP contribution in [0.2, 0.25) is 0 Å². The van der Waals surface area contributed by atoms with Crippen LogP contribution in [-0.2, 0) is 20.9 Å². The van der Waals surface area contributed by atoms with Crippen LogP contribution in [0, 0.1) is 13.8 Å². The van der Waals surface area contributed by atoms with Crippen molar-refractivity contribution in [1.82, 2.24) is 4.90 Å². The van der Waals surface area contributed by atoms with E-state index in [2.05, 4.69) is 5.32 Å². The van der Waals surface area contributed by atoms with Crippen LogP contribution in [0.3, 0.4) is 0 Å². The number of thioether (sulfide) groups is 1. The van der Waals surface area contributed by atoms with Gasteiger partial charge in [0.2, 0.25) is 5.91 Å². The largest absolute Gasteiger partial charge is 0.324 e. The fraction of sp³-hybridized carbons (Fsp3) is 0.143. The molecule has 0 aliphatic carbocycles. The Bertz CT molecular complexity index is 1450. The second kappa shape index (κ2) is 9.72. The molecule has 0 unspecified atom stereocenters. The topological polar surface area (TPSA) is 69.7 Å². The molecule has 1 fully saturated rings. The Kier molecular flexibility index (Phi) is 6.47. The lowest BCUT2D eigenvalue weighted by atomic mass is 10.1. The summed E-state index contributed by atoms with van der Waals surface area (Å²) in [6.07, 6.45) is 0. The Morgan fingerprint density at radius 2 is 1.64 bits per heavy atom. The monoisotopic (exact) mass is 513 g/mol. The van der Waals surface area contributed by atoms with E-state index in [1.165, 1.54) is 9.80 Å². The van der Waals surface area contributed by atoms with Gasteiger partial charge in [0.25, 0.3) is 11.8 Å². The van der Waals surface area contributed by atoms with Crippen molar-refractivity contribution in [2.45, 2.75) is 20.4 Å². The van der Waals surface area contributed by atoms with E-state index >= 15 is 0 Å². The minimum atomic E-state index is -0.382. The Labute approximate surface area is 219 Å². The maximum Gasteiger partial charge on any atom is 0.267 e. The third-order valence-electron chi connectivity index (χ3n) is 6.14. The third kappa shape index (κ3) is 4.45. The predicted octanol–water partition coefficient (Wildman–Crippen LogP) is 5.06. The van der Waals surface area contributed by atoms with Gasteiger partial charge in [0.1, 0.15) is 10.9 Å². The lowest BCUT2D eigenvalue weighted by Gasteiger charge is -2.17. The highest BCUT2D eigenvalue weighted by Gasteiger charge is 2.42. The number of aryl methyl sites for hydroxylation is 2. The highest BCUT2D eigenvalue weighted by Crippen LogP contribution is 2.44. The molecule has 0 aromatic heterocycles. The van der Waals surface area contributed by atoms with Crippen LogP contribution in [-0.4, -0.2) is 33.5 Å². The number of benzene rings is 3. The van der Waals surface area contributed by atoms with E-state index < -0.39 is 0 Å². The maximum absolute atomic E-state index is 13.6. The number of rotatable bonds is 5. The van der Waals surface area contributed by atoms with Crippen LogP contribution in [0.15, 0.2) is 77.7 Å². The first-order chi connectivity index (χ1) is 17.3. The normalized spacial score (nSPS) is 17.1. The number of amides is 3. The number of nitrogens with zero attached hydrogens (tertiary/aromatic N) is 2. The van der Waals surface area contributed by atoms with Gasteiger partial charge in [-0.25, -0.2) is 0 Å². The van der Waals surface area contributed by atoms with E-state index in [1.807, 2.05) is 74.5 Å². The number of anilines is 2. The van der Waals surface area contributed by atoms with E-state index in [-0.39, 0.29) is 29.8 Å². The molecule has 5 rings (SSSR count). The van der Waals surface area contributed by atoms with Crippen LogP contribution in [0.1, 0.15) is 22.3 Å². The summed E-state index contributed by atoms with van der Waals surface area (Å²) in [6, 6.07) is 22.6. The molecule has 0 radical (unpaired) electrons. The molecule has 1 saturated heterocycles. The summed E-state index contributed by atoms with van der Waals surface area (Å²) in [5, 5.41) is 2.90. The molecule has 180 valence electrons. The molecular weight excluding hydrogens is 490 g/mol. The molecule has 8 heteroatoms. The van der Waals surface area contributed by atoms with Crippen LogP contribution in [0.25, 0.3) is 5.57 Å². The average molecular weight is 514 g/mol. The lowest BCUT2D eigenvalue weighted by Crippen LogP contribution is -2.35. The van der Waals surface area contributed by atoms with E-state index in [0.717, 1.165) is 28.5 Å². The summed E-state index contributed by atoms with van der Waals surface area (Å²) in [4.78, 5) is 43.2. The average Bonchev–Trinajstić information content (AvgIpc) is 3.29. The van der Waals surface area contributed by atoms with Crippen molar-refractivity contribution in [3.8, 4) is 0 Å². The van der Waals surface area contributed by atoms with Gasteiger partial charge in [-0.1, -0.05) is 90.2 Å². The first-order valence-electron chi connectivity index (χ1n) is 11.4. The SMILES string of the molecule is Cc1ccc(NC(=O)CN2C(=O)/C(=C3\SC(=S)N(Cc4ccccc4)C3=O)c3ccccc32)c(C)c1. The van der Waals surface area contributed by atoms with Crippen molar-refractivity contribution >= 4 is 63.0 Å². The zero-order valence-electron chi connectivity index (χ0n) is 19.8. The molecule has 0 atom stereocenters. The van der Waals surface area contributed by atoms with Gasteiger partial charge in [-0.3, -0.25) is 24.2 Å². The molecule has 0 spiro atoms. The van der Waals surface area contributed by atoms with Crippen molar-refractivity contribution in [3.05, 3.63) is 100.0 Å². The molecule has 1 N–H and O–H groups in total. The van der Waals surface area contributed by atoms with Crippen LogP contribution in [0.4, 0.5) is 11.4 Å². The second-order valence-corrected chi connectivity index (χ2v) is 10.4. The van der Waals surface area contributed by atoms with E-state index in [4.69, 9.17) is 12.2 Å². The Hall–Kier alpha value is -3.75. The van der Waals surface area contributed by atoms with Gasteiger partial charge >= 0.3 is 0 Å². The molecule has 0 bridgehead atoms. The Morgan fingerprint density at radius 3 is 2.39 bits per heavy atom. The summed E-state index contributed by atoms with van der Waals surface area (Å²) in [7, 11) is 0. The lowest BCUT2D eigenvalue weighted by molar-refractivity contribution is -0.122. The second-order valence-electron chi connectivity index (χ2n) is 8.72. The van der Waals surface area contributed by atoms with Gasteiger partial charge in [-0.2, -0.15) is 0 Å². The van der Waals surface area contributed by atoms with Crippen LogP contribution >= 0.6 is 24.0 Å². The van der Waals surface area contributed by atoms with Crippen molar-refractivity contribution in [2.24, 2.45) is 0 Å². The van der Waals surface area contributed by atoms with Crippen LogP contribution in [0.5, 0.6) is 0 Å². The number of hydrogen-bond donors (Lipinski definition) is 1. The number of hydrogen-bond acceptors (Lipinski definition) is 5. The molecule has 2 aliphatic heterocycles. The molecule has 6 nitrogen and oxygen atoms in total. The predicted molar refractivity (Wildman–Crippen MR) is 147 cm³/mol. The minimum absolute atomic E-state index is 0.170. The molecule has 3 aromatic rings. The number of carbonyl (C=O) groups excluding carboxylic acids is 3. The first kappa shape index (κ1) is 24.0. The summed E-state index contributed by atoms with van der Waals surface area (Å²) in [5.74, 6) is -0.997. The third-order valence-corrected chi connectivity index (χ3v) is 7.59. The first-order valence-corrected chi connectivity index (χ1v) is 12.7. The molecule has 0 saturated carbocycles. The van der Waals surface area contributed by atoms with Gasteiger partial charge in [0, 0.05) is 11.3 Å². The number of thiocarbonyl (C=S) groups is 1. The number of carbonyl (C=O) groups is 3. The van der Waals surface area contributed by atoms with Gasteiger partial charge < -0.3 is 5.32 Å². The fourth-order valence-electron chi connectivity index (χ4n) is 4.40. The molecular formula is C28H23N3O3S2. The molecule has 2 aliphatic rings. The van der Waals surface area contributed by atoms with Crippen molar-refractivity contribution in [3.63, 3.8) is 0 Å². The van der Waals surface area contributed by atoms with Gasteiger partial charge in [-0.15, -0.1) is 0 Å². The highest BCUT2D eigenvalue weighted by molar-refractivity contribution is 8.26. The van der Waals surface area contributed by atoms with Crippen molar-refractivity contribution < 1.29 is 14.4 Å². The summed E-state index contributed by atoms with van der Waals surface area (Å²) < 4.78 is 0.405. The zero-order valence-corrected chi connectivity index (χ0v) is 21.4. The molecule has 3 aromatic carbocycles. The maximum atomic E-state index is 13.6. The van der Waals surface area contributed by atoms with Crippen LogP contribution < -0.4 is 10.2 Å². The highest BCUT2D eigenvalue weighted by atomic mass is 32.2. The smallest absolute Gasteiger partial charge is 0.267 e. The van der Waals surface area contributed by atoms with Gasteiger partial charge in [0.05, 0.1) is 22.7 Å². The number of fused-ring (bicyclic) bond motifs is 1. The Morgan fingerprint density at radius 1 is 0.917 bits per heavy atom. The van der Waals surface area contributed by atoms with Gasteiger partial charge in [0.15, 0.2) is 0 Å². The van der Waals surface area contributed by atoms with E-state index in [0.29, 0.717) is 32.7 Å².